The maximum Gasteiger partial charge on any atom is 0.516 e. The normalized spacial score (nSPS) is 5.78. The van der Waals surface area contributed by atoms with E-state index in [1.807, 2.05) is 0 Å². The minimum absolute atomic E-state index is 0. The van der Waals surface area contributed by atoms with Crippen LogP contribution in [0.4, 0.5) is 9.59 Å². The maximum absolute atomic E-state index is 9.21. The Morgan fingerprint density at radius 3 is 1.22 bits per heavy atom. The molecule has 0 aromatic heterocycles. The largest absolute Gasteiger partial charge is 0.516 e. The third-order valence-electron chi connectivity index (χ3n) is 0.175. The van der Waals surface area contributed by atoms with Gasteiger partial charge in [0.15, 0.2) is 0 Å². The summed E-state index contributed by atoms with van der Waals surface area (Å²) in [6, 6.07) is 0. The van der Waals surface area contributed by atoms with Crippen LogP contribution in [0.25, 0.3) is 0 Å². The molecule has 0 unspecified atom stereocenters. The van der Waals surface area contributed by atoms with Crippen LogP contribution >= 0.6 is 24.8 Å². The Balaban J connectivity index is -0.000000180. The van der Waals surface area contributed by atoms with Crippen LogP contribution < -0.4 is 0 Å². The fourth-order valence-corrected chi connectivity index (χ4v) is 0.0747. The molecule has 7 heteroatoms. The summed E-state index contributed by atoms with van der Waals surface area (Å²) in [5.41, 5.74) is 0. The molecule has 0 aromatic rings. The van der Waals surface area contributed by atoms with Gasteiger partial charge < -0.3 is 14.9 Å². The van der Waals surface area contributed by atoms with Gasteiger partial charge in [0, 0.05) is 0 Å². The van der Waals surface area contributed by atoms with Gasteiger partial charge in [-0.1, -0.05) is 0 Å². The van der Waals surface area contributed by atoms with Gasteiger partial charge in [0.2, 0.25) is 0 Å². The SMILES string of the molecule is Cl.Cl.O=C(O)OC(=O)O. The van der Waals surface area contributed by atoms with Gasteiger partial charge in [-0.2, -0.15) is 0 Å². The summed E-state index contributed by atoms with van der Waals surface area (Å²) in [4.78, 5) is 18.4. The van der Waals surface area contributed by atoms with E-state index in [4.69, 9.17) is 10.2 Å². The van der Waals surface area contributed by atoms with Crippen molar-refractivity contribution >= 4 is 37.1 Å². The van der Waals surface area contributed by atoms with Crippen molar-refractivity contribution in [2.45, 2.75) is 0 Å². The molecule has 5 nitrogen and oxygen atoms in total. The highest BCUT2D eigenvalue weighted by atomic mass is 35.5. The lowest BCUT2D eigenvalue weighted by Gasteiger charge is -1.84. The van der Waals surface area contributed by atoms with Crippen LogP contribution in [0.3, 0.4) is 0 Å². The molecule has 0 aliphatic carbocycles. The topological polar surface area (TPSA) is 83.8 Å². The molecule has 2 N–H and O–H groups in total. The number of rotatable bonds is 0. The molecule has 0 saturated heterocycles. The van der Waals surface area contributed by atoms with E-state index in [0.29, 0.717) is 0 Å². The highest BCUT2D eigenvalue weighted by Gasteiger charge is 2.01. The van der Waals surface area contributed by atoms with Crippen LogP contribution in [0.1, 0.15) is 0 Å². The molecular formula is C2H4Cl2O5. The Hall–Kier alpha value is -0.680. The highest BCUT2D eigenvalue weighted by Crippen LogP contribution is 1.73. The smallest absolute Gasteiger partial charge is 0.449 e. The fourth-order valence-electron chi connectivity index (χ4n) is 0.0747. The fraction of sp³-hybridized carbons (Fsp3) is 0. The van der Waals surface area contributed by atoms with Crippen LogP contribution in [-0.2, 0) is 4.74 Å². The lowest BCUT2D eigenvalue weighted by molar-refractivity contribution is 0.0802. The van der Waals surface area contributed by atoms with E-state index >= 15 is 0 Å². The molecule has 9 heavy (non-hydrogen) atoms. The summed E-state index contributed by atoms with van der Waals surface area (Å²) in [5, 5.41) is 15.0. The number of hydrogen-bond acceptors (Lipinski definition) is 3. The zero-order chi connectivity index (χ0) is 5.86. The predicted octanol–water partition coefficient (Wildman–Crippen LogP) is 1.20. The van der Waals surface area contributed by atoms with Crippen molar-refractivity contribution in [1.29, 1.82) is 0 Å². The summed E-state index contributed by atoms with van der Waals surface area (Å²) in [6.07, 6.45) is -3.62. The second kappa shape index (κ2) is 7.32. The van der Waals surface area contributed by atoms with Crippen molar-refractivity contribution in [3.8, 4) is 0 Å². The van der Waals surface area contributed by atoms with Crippen LogP contribution in [-0.4, -0.2) is 22.5 Å². The standard InChI is InChI=1S/C2H2O5.2ClH/c3-1(4)7-2(5)6;;/h(H,3,4)(H,5,6);2*1H. The number of hydrogen-bond donors (Lipinski definition) is 2. The lowest BCUT2D eigenvalue weighted by Crippen LogP contribution is -2.05. The molecule has 0 bridgehead atoms. The van der Waals surface area contributed by atoms with Gasteiger partial charge in [0.05, 0.1) is 0 Å². The van der Waals surface area contributed by atoms with Crippen LogP contribution in [0.5, 0.6) is 0 Å². The van der Waals surface area contributed by atoms with E-state index in [2.05, 4.69) is 4.74 Å². The first-order valence-corrected chi connectivity index (χ1v) is 1.26. The Kier molecular flexibility index (Phi) is 12.8. The second-order valence-electron chi connectivity index (χ2n) is 0.634. The number of halogens is 2. The van der Waals surface area contributed by atoms with Gasteiger partial charge in [0.1, 0.15) is 0 Å². The van der Waals surface area contributed by atoms with Gasteiger partial charge in [-0.15, -0.1) is 24.8 Å². The molecule has 0 aromatic carbocycles. The van der Waals surface area contributed by atoms with E-state index in [-0.39, 0.29) is 24.8 Å². The molecule has 0 rings (SSSR count). The number of carboxylic acid groups (broad SMARTS) is 2. The van der Waals surface area contributed by atoms with Gasteiger partial charge in [-0.3, -0.25) is 0 Å². The molecule has 56 valence electrons. The maximum atomic E-state index is 9.21. The van der Waals surface area contributed by atoms with Crippen molar-refractivity contribution in [3.63, 3.8) is 0 Å². The zero-order valence-electron chi connectivity index (χ0n) is 3.94. The van der Waals surface area contributed by atoms with Crippen LogP contribution in [0.2, 0.25) is 0 Å². The van der Waals surface area contributed by atoms with E-state index in [9.17, 15) is 9.59 Å². The first-order valence-electron chi connectivity index (χ1n) is 1.26. The number of ether oxygens (including phenoxy) is 1. The van der Waals surface area contributed by atoms with Crippen molar-refractivity contribution in [2.24, 2.45) is 0 Å². The summed E-state index contributed by atoms with van der Waals surface area (Å²) < 4.78 is 3.08. The van der Waals surface area contributed by atoms with E-state index < -0.39 is 12.3 Å². The summed E-state index contributed by atoms with van der Waals surface area (Å²) in [6.45, 7) is 0. The molecule has 0 fully saturated rings. The third-order valence-corrected chi connectivity index (χ3v) is 0.175. The molecule has 0 radical (unpaired) electrons. The Morgan fingerprint density at radius 1 is 1.00 bits per heavy atom. The first-order chi connectivity index (χ1) is 3.13. The minimum Gasteiger partial charge on any atom is -0.449 e. The lowest BCUT2D eigenvalue weighted by atomic mass is 11.3. The molecule has 0 aliphatic heterocycles. The average Bonchev–Trinajstić information content (AvgIpc) is 1.27. The van der Waals surface area contributed by atoms with E-state index in [0.717, 1.165) is 0 Å². The predicted molar refractivity (Wildman–Crippen MR) is 31.6 cm³/mol. The van der Waals surface area contributed by atoms with Crippen molar-refractivity contribution in [3.05, 3.63) is 0 Å². The van der Waals surface area contributed by atoms with Gasteiger partial charge in [-0.05, 0) is 0 Å². The molecule has 0 aliphatic rings. The van der Waals surface area contributed by atoms with Gasteiger partial charge >= 0.3 is 12.3 Å². The van der Waals surface area contributed by atoms with Crippen LogP contribution in [0.15, 0.2) is 0 Å². The average molecular weight is 179 g/mol. The van der Waals surface area contributed by atoms with Crippen molar-refractivity contribution < 1.29 is 24.5 Å². The first kappa shape index (κ1) is 15.8. The molecular weight excluding hydrogens is 175 g/mol. The van der Waals surface area contributed by atoms with E-state index in [1.165, 1.54) is 0 Å². The van der Waals surface area contributed by atoms with Crippen molar-refractivity contribution in [2.75, 3.05) is 0 Å². The Labute approximate surface area is 62.4 Å². The van der Waals surface area contributed by atoms with E-state index in [1.54, 1.807) is 0 Å². The molecule has 0 heterocycles. The minimum atomic E-state index is -1.81. The summed E-state index contributed by atoms with van der Waals surface area (Å²) >= 11 is 0. The zero-order valence-corrected chi connectivity index (χ0v) is 5.57. The Bertz CT molecular complexity index is 89.1. The molecule has 0 amide bonds. The highest BCUT2D eigenvalue weighted by molar-refractivity contribution is 5.85. The quantitative estimate of drug-likeness (QED) is 0.431. The van der Waals surface area contributed by atoms with Crippen LogP contribution in [0, 0.1) is 0 Å². The van der Waals surface area contributed by atoms with Gasteiger partial charge in [-0.25, -0.2) is 9.59 Å². The summed E-state index contributed by atoms with van der Waals surface area (Å²) in [5.74, 6) is 0. The number of carbonyl (C=O) groups is 2. The second-order valence-corrected chi connectivity index (χ2v) is 0.634. The molecule has 0 spiro atoms. The monoisotopic (exact) mass is 178 g/mol. The summed E-state index contributed by atoms with van der Waals surface area (Å²) in [7, 11) is 0. The Morgan fingerprint density at radius 2 is 1.22 bits per heavy atom. The molecule has 0 saturated carbocycles. The molecule has 0 atom stereocenters. The third kappa shape index (κ3) is 18.8. The van der Waals surface area contributed by atoms with Crippen molar-refractivity contribution in [1.82, 2.24) is 0 Å². The van der Waals surface area contributed by atoms with Gasteiger partial charge in [0.25, 0.3) is 0 Å².